The Morgan fingerprint density at radius 1 is 1.80 bits per heavy atom. The van der Waals surface area contributed by atoms with Crippen molar-refractivity contribution in [3.8, 4) is 0 Å². The summed E-state index contributed by atoms with van der Waals surface area (Å²) in [5.74, 6) is 0. The number of ether oxygens (including phenoxy) is 1. The number of hydrogen-bond donors (Lipinski definition) is 1. The van der Waals surface area contributed by atoms with E-state index in [1.807, 2.05) is 0 Å². The molecule has 0 radical (unpaired) electrons. The molecule has 60 valence electrons. The van der Waals surface area contributed by atoms with Gasteiger partial charge in [-0.25, -0.2) is 0 Å². The minimum atomic E-state index is -0.454. The van der Waals surface area contributed by atoms with Crippen LogP contribution in [-0.4, -0.2) is 35.9 Å². The predicted octanol–water partition coefficient (Wildman–Crippen LogP) is -0.339. The molecule has 1 unspecified atom stereocenters. The standard InChI is InChI=1S/C5H11NO4/c1-5(4-7)10-3-2-6(8)9/h5,7H,2-4H2,1H3. The van der Waals surface area contributed by atoms with Crippen LogP contribution in [0.2, 0.25) is 0 Å². The fraction of sp³-hybridized carbons (Fsp3) is 1.00. The number of aliphatic hydroxyl groups excluding tert-OH is 1. The van der Waals surface area contributed by atoms with Gasteiger partial charge in [0, 0.05) is 4.92 Å². The molecule has 0 aromatic carbocycles. The molecule has 10 heavy (non-hydrogen) atoms. The molecule has 0 saturated heterocycles. The first kappa shape index (κ1) is 9.32. The van der Waals surface area contributed by atoms with Crippen LogP contribution < -0.4 is 0 Å². The molecule has 0 aliphatic carbocycles. The van der Waals surface area contributed by atoms with Gasteiger partial charge in [-0.2, -0.15) is 0 Å². The Bertz CT molecular complexity index is 106. The van der Waals surface area contributed by atoms with E-state index in [0.717, 1.165) is 0 Å². The molecule has 0 fully saturated rings. The highest BCUT2D eigenvalue weighted by atomic mass is 16.6. The second-order valence-electron chi connectivity index (χ2n) is 1.92. The number of nitrogens with zero attached hydrogens (tertiary/aromatic N) is 1. The van der Waals surface area contributed by atoms with Gasteiger partial charge in [-0.3, -0.25) is 10.1 Å². The fourth-order valence-electron chi connectivity index (χ4n) is 0.381. The first-order chi connectivity index (χ1) is 4.66. The summed E-state index contributed by atoms with van der Waals surface area (Å²) < 4.78 is 4.81. The van der Waals surface area contributed by atoms with Gasteiger partial charge in [0.25, 0.3) is 0 Å². The lowest BCUT2D eigenvalue weighted by Crippen LogP contribution is -2.18. The third-order valence-corrected chi connectivity index (χ3v) is 0.933. The van der Waals surface area contributed by atoms with E-state index in [9.17, 15) is 10.1 Å². The van der Waals surface area contributed by atoms with Crippen molar-refractivity contribution in [2.75, 3.05) is 19.8 Å². The van der Waals surface area contributed by atoms with Crippen LogP contribution in [0.25, 0.3) is 0 Å². The molecule has 5 nitrogen and oxygen atoms in total. The van der Waals surface area contributed by atoms with Gasteiger partial charge in [-0.15, -0.1) is 0 Å². The van der Waals surface area contributed by atoms with E-state index in [2.05, 4.69) is 0 Å². The van der Waals surface area contributed by atoms with Crippen molar-refractivity contribution in [3.05, 3.63) is 10.1 Å². The minimum Gasteiger partial charge on any atom is -0.394 e. The Hall–Kier alpha value is -0.680. The number of rotatable bonds is 5. The summed E-state index contributed by atoms with van der Waals surface area (Å²) in [6, 6.07) is 0. The molecule has 0 aliphatic heterocycles. The molecular weight excluding hydrogens is 138 g/mol. The monoisotopic (exact) mass is 149 g/mol. The van der Waals surface area contributed by atoms with Gasteiger partial charge in [-0.1, -0.05) is 0 Å². The third kappa shape index (κ3) is 5.46. The van der Waals surface area contributed by atoms with E-state index in [0.29, 0.717) is 0 Å². The van der Waals surface area contributed by atoms with Gasteiger partial charge in [0.15, 0.2) is 0 Å². The smallest absolute Gasteiger partial charge is 0.226 e. The van der Waals surface area contributed by atoms with E-state index >= 15 is 0 Å². The predicted molar refractivity (Wildman–Crippen MR) is 34.4 cm³/mol. The van der Waals surface area contributed by atoms with Gasteiger partial charge >= 0.3 is 0 Å². The van der Waals surface area contributed by atoms with Crippen molar-refractivity contribution in [1.82, 2.24) is 0 Å². The molecule has 0 aliphatic rings. The zero-order valence-corrected chi connectivity index (χ0v) is 5.82. The summed E-state index contributed by atoms with van der Waals surface area (Å²) in [4.78, 5) is 9.28. The largest absolute Gasteiger partial charge is 0.394 e. The molecular formula is C5H11NO4. The molecule has 1 atom stereocenters. The average molecular weight is 149 g/mol. The van der Waals surface area contributed by atoms with E-state index in [-0.39, 0.29) is 25.9 Å². The lowest BCUT2D eigenvalue weighted by atomic mass is 10.4. The highest BCUT2D eigenvalue weighted by Gasteiger charge is 2.01. The lowest BCUT2D eigenvalue weighted by Gasteiger charge is -2.06. The van der Waals surface area contributed by atoms with Crippen LogP contribution in [0.4, 0.5) is 0 Å². The van der Waals surface area contributed by atoms with Crippen molar-refractivity contribution >= 4 is 0 Å². The van der Waals surface area contributed by atoms with Crippen molar-refractivity contribution in [2.24, 2.45) is 0 Å². The Labute approximate surface area is 58.8 Å². The van der Waals surface area contributed by atoms with Crippen LogP contribution in [0.3, 0.4) is 0 Å². The maximum atomic E-state index is 9.73. The van der Waals surface area contributed by atoms with Gasteiger partial charge in [0.1, 0.15) is 6.61 Å². The van der Waals surface area contributed by atoms with Gasteiger partial charge in [-0.05, 0) is 6.92 Å². The molecule has 5 heteroatoms. The SMILES string of the molecule is CC(CO)OCC[N+](=O)[O-]. The molecule has 0 aromatic rings. The molecule has 0 heterocycles. The Morgan fingerprint density at radius 3 is 2.80 bits per heavy atom. The summed E-state index contributed by atoms with van der Waals surface area (Å²) in [6.07, 6.45) is -0.306. The van der Waals surface area contributed by atoms with E-state index in [1.165, 1.54) is 0 Å². The summed E-state index contributed by atoms with van der Waals surface area (Å²) in [5, 5.41) is 18.1. The Kier molecular flexibility index (Phi) is 4.78. The normalized spacial score (nSPS) is 13.0. The highest BCUT2D eigenvalue weighted by molar-refractivity contribution is 4.43. The Balaban J connectivity index is 3.11. The molecule has 0 rings (SSSR count). The van der Waals surface area contributed by atoms with Crippen molar-refractivity contribution in [3.63, 3.8) is 0 Å². The lowest BCUT2D eigenvalue weighted by molar-refractivity contribution is -0.484. The topological polar surface area (TPSA) is 72.6 Å². The second kappa shape index (κ2) is 5.13. The molecule has 0 aromatic heterocycles. The number of nitro groups is 1. The molecule has 0 saturated carbocycles. The number of aliphatic hydroxyl groups is 1. The van der Waals surface area contributed by atoms with Gasteiger partial charge in [0.05, 0.1) is 12.7 Å². The van der Waals surface area contributed by atoms with Crippen molar-refractivity contribution < 1.29 is 14.8 Å². The first-order valence-corrected chi connectivity index (χ1v) is 3.01. The van der Waals surface area contributed by atoms with Crippen LogP contribution in [-0.2, 0) is 4.74 Å². The van der Waals surface area contributed by atoms with Crippen LogP contribution in [0.5, 0.6) is 0 Å². The zero-order chi connectivity index (χ0) is 7.98. The maximum Gasteiger partial charge on any atom is 0.226 e. The molecule has 1 N–H and O–H groups in total. The zero-order valence-electron chi connectivity index (χ0n) is 5.82. The van der Waals surface area contributed by atoms with Crippen LogP contribution >= 0.6 is 0 Å². The Morgan fingerprint density at radius 2 is 2.40 bits per heavy atom. The summed E-state index contributed by atoms with van der Waals surface area (Å²) in [6.45, 7) is 1.41. The number of hydrogen-bond acceptors (Lipinski definition) is 4. The van der Waals surface area contributed by atoms with E-state index in [4.69, 9.17) is 9.84 Å². The van der Waals surface area contributed by atoms with Gasteiger partial charge < -0.3 is 9.84 Å². The summed E-state index contributed by atoms with van der Waals surface area (Å²) >= 11 is 0. The summed E-state index contributed by atoms with van der Waals surface area (Å²) in [7, 11) is 0. The van der Waals surface area contributed by atoms with Crippen LogP contribution in [0, 0.1) is 10.1 Å². The van der Waals surface area contributed by atoms with E-state index in [1.54, 1.807) is 6.92 Å². The molecule has 0 amide bonds. The quantitative estimate of drug-likeness (QED) is 0.428. The van der Waals surface area contributed by atoms with Gasteiger partial charge in [0.2, 0.25) is 6.54 Å². The second-order valence-corrected chi connectivity index (χ2v) is 1.92. The molecule has 0 spiro atoms. The maximum absolute atomic E-state index is 9.73. The van der Waals surface area contributed by atoms with Crippen molar-refractivity contribution in [1.29, 1.82) is 0 Å². The fourth-order valence-corrected chi connectivity index (χ4v) is 0.381. The molecule has 0 bridgehead atoms. The van der Waals surface area contributed by atoms with Crippen LogP contribution in [0.15, 0.2) is 0 Å². The minimum absolute atomic E-state index is 0.0642. The van der Waals surface area contributed by atoms with Crippen LogP contribution in [0.1, 0.15) is 6.92 Å². The van der Waals surface area contributed by atoms with E-state index < -0.39 is 4.92 Å². The summed E-state index contributed by atoms with van der Waals surface area (Å²) in [5.41, 5.74) is 0. The average Bonchev–Trinajstić information content (AvgIpc) is 1.87. The van der Waals surface area contributed by atoms with Crippen molar-refractivity contribution in [2.45, 2.75) is 13.0 Å². The first-order valence-electron chi connectivity index (χ1n) is 3.01. The highest BCUT2D eigenvalue weighted by Crippen LogP contribution is 1.86. The third-order valence-electron chi connectivity index (χ3n) is 0.933.